The molecule has 0 fully saturated rings. The molecule has 1 unspecified atom stereocenters. The fourth-order valence-electron chi connectivity index (χ4n) is 2.47. The van der Waals surface area contributed by atoms with Gasteiger partial charge in [-0.2, -0.15) is 0 Å². The summed E-state index contributed by atoms with van der Waals surface area (Å²) in [5.74, 6) is -0.740. The summed E-state index contributed by atoms with van der Waals surface area (Å²) >= 11 is 0. The molecule has 0 aliphatic heterocycles. The number of anilines is 1. The summed E-state index contributed by atoms with van der Waals surface area (Å²) in [6.07, 6.45) is 5.06. The van der Waals surface area contributed by atoms with Gasteiger partial charge in [-0.1, -0.05) is 39.3 Å². The fraction of sp³-hybridized carbons (Fsp3) is 0.588. The average molecular weight is 277 g/mol. The Labute approximate surface area is 122 Å². The van der Waals surface area contributed by atoms with Crippen LogP contribution < -0.4 is 4.90 Å². The topological polar surface area (TPSA) is 40.5 Å². The van der Waals surface area contributed by atoms with Crippen LogP contribution in [0.1, 0.15) is 52.0 Å². The number of nitrogens with zero attached hydrogens (tertiary/aromatic N) is 1. The van der Waals surface area contributed by atoms with Crippen molar-refractivity contribution in [3.8, 4) is 0 Å². The van der Waals surface area contributed by atoms with E-state index in [1.807, 2.05) is 11.8 Å². The van der Waals surface area contributed by atoms with Crippen LogP contribution in [-0.2, 0) is 11.2 Å². The van der Waals surface area contributed by atoms with Crippen molar-refractivity contribution in [1.29, 1.82) is 0 Å². The third kappa shape index (κ3) is 4.55. The van der Waals surface area contributed by atoms with Crippen LogP contribution in [0.25, 0.3) is 0 Å². The Balaban J connectivity index is 2.88. The molecular weight excluding hydrogens is 250 g/mol. The molecule has 0 heterocycles. The molecule has 1 aromatic carbocycles. The maximum absolute atomic E-state index is 11.4. The highest BCUT2D eigenvalue weighted by atomic mass is 16.4. The van der Waals surface area contributed by atoms with Crippen LogP contribution in [0.4, 0.5) is 5.69 Å². The standard InChI is InChI=1S/C17H27NO2/c1-4-7-8-14-9-11-15(12-10-14)18(13-5-2)16(6-3)17(19)20/h9-12,16H,4-8,13H2,1-3H3,(H,19,20). The Morgan fingerprint density at radius 1 is 1.15 bits per heavy atom. The summed E-state index contributed by atoms with van der Waals surface area (Å²) in [7, 11) is 0. The minimum absolute atomic E-state index is 0.434. The van der Waals surface area contributed by atoms with E-state index in [0.29, 0.717) is 6.42 Å². The zero-order valence-corrected chi connectivity index (χ0v) is 12.9. The third-order valence-electron chi connectivity index (χ3n) is 3.60. The second-order valence-corrected chi connectivity index (χ2v) is 5.23. The Morgan fingerprint density at radius 2 is 1.80 bits per heavy atom. The third-order valence-corrected chi connectivity index (χ3v) is 3.60. The summed E-state index contributed by atoms with van der Waals surface area (Å²) in [5.41, 5.74) is 2.34. The number of carboxylic acid groups (broad SMARTS) is 1. The highest BCUT2D eigenvalue weighted by Gasteiger charge is 2.23. The maximum Gasteiger partial charge on any atom is 0.326 e. The number of carboxylic acids is 1. The number of unbranched alkanes of at least 4 members (excludes halogenated alkanes) is 1. The Bertz CT molecular complexity index is 400. The molecule has 3 heteroatoms. The van der Waals surface area contributed by atoms with Gasteiger partial charge in [0.25, 0.3) is 0 Å². The first-order valence-electron chi connectivity index (χ1n) is 7.72. The van der Waals surface area contributed by atoms with Gasteiger partial charge in [-0.15, -0.1) is 0 Å². The molecule has 0 radical (unpaired) electrons. The van der Waals surface area contributed by atoms with Crippen molar-refractivity contribution < 1.29 is 9.90 Å². The highest BCUT2D eigenvalue weighted by molar-refractivity contribution is 5.78. The van der Waals surface area contributed by atoms with E-state index in [4.69, 9.17) is 0 Å². The molecule has 0 saturated heterocycles. The Kier molecular flexibility index (Phi) is 7.13. The second-order valence-electron chi connectivity index (χ2n) is 5.23. The average Bonchev–Trinajstić information content (AvgIpc) is 2.45. The van der Waals surface area contributed by atoms with E-state index in [1.54, 1.807) is 0 Å². The number of hydrogen-bond donors (Lipinski definition) is 1. The quantitative estimate of drug-likeness (QED) is 0.738. The van der Waals surface area contributed by atoms with Gasteiger partial charge < -0.3 is 10.0 Å². The molecule has 1 N–H and O–H groups in total. The van der Waals surface area contributed by atoms with Gasteiger partial charge in [-0.25, -0.2) is 4.79 Å². The SMILES string of the molecule is CCCCc1ccc(N(CCC)C(CC)C(=O)O)cc1. The van der Waals surface area contributed by atoms with Crippen molar-refractivity contribution in [3.63, 3.8) is 0 Å². The van der Waals surface area contributed by atoms with Gasteiger partial charge in [0.1, 0.15) is 6.04 Å². The number of rotatable bonds is 9. The first-order valence-corrected chi connectivity index (χ1v) is 7.72. The molecule has 0 aromatic heterocycles. The van der Waals surface area contributed by atoms with Crippen LogP contribution in [0.3, 0.4) is 0 Å². The van der Waals surface area contributed by atoms with E-state index in [1.165, 1.54) is 18.4 Å². The predicted molar refractivity (Wildman–Crippen MR) is 84.4 cm³/mol. The predicted octanol–water partition coefficient (Wildman–Crippen LogP) is 4.11. The Morgan fingerprint density at radius 3 is 2.25 bits per heavy atom. The molecule has 0 aliphatic carbocycles. The van der Waals surface area contributed by atoms with Crippen molar-refractivity contribution in [1.82, 2.24) is 0 Å². The van der Waals surface area contributed by atoms with E-state index < -0.39 is 12.0 Å². The Hall–Kier alpha value is -1.51. The monoisotopic (exact) mass is 277 g/mol. The lowest BCUT2D eigenvalue weighted by atomic mass is 10.1. The van der Waals surface area contributed by atoms with Gasteiger partial charge in [0, 0.05) is 12.2 Å². The molecule has 0 spiro atoms. The zero-order valence-electron chi connectivity index (χ0n) is 12.9. The van der Waals surface area contributed by atoms with Crippen molar-refractivity contribution in [2.24, 2.45) is 0 Å². The summed E-state index contributed by atoms with van der Waals surface area (Å²) in [6.45, 7) is 6.98. The van der Waals surface area contributed by atoms with Crippen LogP contribution >= 0.6 is 0 Å². The molecule has 112 valence electrons. The number of aryl methyl sites for hydroxylation is 1. The van der Waals surface area contributed by atoms with E-state index in [2.05, 4.69) is 38.1 Å². The van der Waals surface area contributed by atoms with Crippen LogP contribution in [0, 0.1) is 0 Å². The highest BCUT2D eigenvalue weighted by Crippen LogP contribution is 2.21. The largest absolute Gasteiger partial charge is 0.480 e. The van der Waals surface area contributed by atoms with Crippen LogP contribution in [-0.4, -0.2) is 23.7 Å². The van der Waals surface area contributed by atoms with Crippen LogP contribution in [0.15, 0.2) is 24.3 Å². The summed E-state index contributed by atoms with van der Waals surface area (Å²) in [4.78, 5) is 13.4. The molecule has 3 nitrogen and oxygen atoms in total. The lowest BCUT2D eigenvalue weighted by Crippen LogP contribution is -2.41. The fourth-order valence-corrected chi connectivity index (χ4v) is 2.47. The van der Waals surface area contributed by atoms with Crippen LogP contribution in [0.2, 0.25) is 0 Å². The molecule has 0 amide bonds. The lowest BCUT2D eigenvalue weighted by molar-refractivity contribution is -0.138. The molecule has 0 bridgehead atoms. The maximum atomic E-state index is 11.4. The number of hydrogen-bond acceptors (Lipinski definition) is 2. The second kappa shape index (κ2) is 8.62. The summed E-state index contributed by atoms with van der Waals surface area (Å²) in [5, 5.41) is 9.36. The van der Waals surface area contributed by atoms with Gasteiger partial charge in [0.05, 0.1) is 0 Å². The molecular formula is C17H27NO2. The van der Waals surface area contributed by atoms with Crippen molar-refractivity contribution in [2.45, 2.75) is 58.9 Å². The number of carbonyl (C=O) groups is 1. The molecule has 0 saturated carbocycles. The molecule has 1 rings (SSSR count). The smallest absolute Gasteiger partial charge is 0.326 e. The van der Waals surface area contributed by atoms with Gasteiger partial charge in [0.2, 0.25) is 0 Å². The van der Waals surface area contributed by atoms with E-state index in [-0.39, 0.29) is 0 Å². The van der Waals surface area contributed by atoms with E-state index >= 15 is 0 Å². The molecule has 1 aromatic rings. The minimum atomic E-state index is -0.740. The van der Waals surface area contributed by atoms with Crippen molar-refractivity contribution in [3.05, 3.63) is 29.8 Å². The van der Waals surface area contributed by atoms with Crippen LogP contribution in [0.5, 0.6) is 0 Å². The summed E-state index contributed by atoms with van der Waals surface area (Å²) in [6, 6.07) is 7.94. The summed E-state index contributed by atoms with van der Waals surface area (Å²) < 4.78 is 0. The number of benzene rings is 1. The zero-order chi connectivity index (χ0) is 15.0. The van der Waals surface area contributed by atoms with E-state index in [9.17, 15) is 9.90 Å². The molecule has 1 atom stereocenters. The molecule has 0 aliphatic rings. The van der Waals surface area contributed by atoms with Gasteiger partial charge in [-0.3, -0.25) is 0 Å². The first kappa shape index (κ1) is 16.5. The molecule has 20 heavy (non-hydrogen) atoms. The van der Waals surface area contributed by atoms with Gasteiger partial charge in [0.15, 0.2) is 0 Å². The first-order chi connectivity index (χ1) is 9.63. The minimum Gasteiger partial charge on any atom is -0.480 e. The lowest BCUT2D eigenvalue weighted by Gasteiger charge is -2.30. The van der Waals surface area contributed by atoms with Gasteiger partial charge >= 0.3 is 5.97 Å². The normalized spacial score (nSPS) is 12.2. The van der Waals surface area contributed by atoms with Gasteiger partial charge in [-0.05, 0) is 43.4 Å². The number of aliphatic carboxylic acids is 1. The van der Waals surface area contributed by atoms with Crippen molar-refractivity contribution in [2.75, 3.05) is 11.4 Å². The van der Waals surface area contributed by atoms with Crippen molar-refractivity contribution >= 4 is 11.7 Å². The van der Waals surface area contributed by atoms with E-state index in [0.717, 1.165) is 25.1 Å².